The summed E-state index contributed by atoms with van der Waals surface area (Å²) < 4.78 is 13.3. The van der Waals surface area contributed by atoms with Crippen molar-refractivity contribution < 1.29 is 4.39 Å². The van der Waals surface area contributed by atoms with Gasteiger partial charge >= 0.3 is 0 Å². The molecule has 2 aliphatic rings. The molecular formula is C8H14FN. The number of nitrogens with zero attached hydrogens (tertiary/aromatic N) is 1. The second kappa shape index (κ2) is 1.94. The summed E-state index contributed by atoms with van der Waals surface area (Å²) in [6.07, 6.45) is 3.27. The predicted molar refractivity (Wildman–Crippen MR) is 38.7 cm³/mol. The Morgan fingerprint density at radius 3 is 3.10 bits per heavy atom. The standard InChI is InChI=1S/C8H14FN/c1-8(9)5-7-3-2-4-10(7)6-8/h7H,2-6H2,1H3/t7-,8+/m0/s1. The van der Waals surface area contributed by atoms with Gasteiger partial charge in [-0.1, -0.05) is 0 Å². The summed E-state index contributed by atoms with van der Waals surface area (Å²) in [5.41, 5.74) is -0.884. The van der Waals surface area contributed by atoms with Crippen LogP contribution in [0.2, 0.25) is 0 Å². The topological polar surface area (TPSA) is 3.24 Å². The maximum atomic E-state index is 13.3. The average molecular weight is 143 g/mol. The van der Waals surface area contributed by atoms with E-state index in [9.17, 15) is 4.39 Å². The molecule has 0 N–H and O–H groups in total. The van der Waals surface area contributed by atoms with Crippen LogP contribution in [0.5, 0.6) is 0 Å². The molecule has 0 aromatic carbocycles. The molecule has 0 aromatic rings. The summed E-state index contributed by atoms with van der Waals surface area (Å²) in [5.74, 6) is 0. The third-order valence-electron chi connectivity index (χ3n) is 2.69. The molecule has 2 saturated heterocycles. The van der Waals surface area contributed by atoms with E-state index in [1.165, 1.54) is 12.8 Å². The van der Waals surface area contributed by atoms with Crippen molar-refractivity contribution in [2.24, 2.45) is 0 Å². The molecule has 0 aromatic heterocycles. The molecule has 2 atom stereocenters. The smallest absolute Gasteiger partial charge is 0.122 e. The monoisotopic (exact) mass is 143 g/mol. The number of rotatable bonds is 0. The first-order valence-corrected chi connectivity index (χ1v) is 4.10. The van der Waals surface area contributed by atoms with E-state index in [4.69, 9.17) is 0 Å². The zero-order valence-electron chi connectivity index (χ0n) is 6.44. The van der Waals surface area contributed by atoms with Crippen LogP contribution in [0.15, 0.2) is 0 Å². The summed E-state index contributed by atoms with van der Waals surface area (Å²) >= 11 is 0. The Kier molecular flexibility index (Phi) is 1.28. The minimum atomic E-state index is -0.884. The third kappa shape index (κ3) is 0.947. The van der Waals surface area contributed by atoms with Crippen molar-refractivity contribution in [1.29, 1.82) is 0 Å². The van der Waals surface area contributed by atoms with E-state index in [2.05, 4.69) is 4.90 Å². The van der Waals surface area contributed by atoms with Crippen molar-refractivity contribution in [3.8, 4) is 0 Å². The van der Waals surface area contributed by atoms with Gasteiger partial charge in [0.05, 0.1) is 0 Å². The van der Waals surface area contributed by atoms with Gasteiger partial charge < -0.3 is 0 Å². The summed E-state index contributed by atoms with van der Waals surface area (Å²) in [6.45, 7) is 3.53. The first kappa shape index (κ1) is 6.59. The van der Waals surface area contributed by atoms with Gasteiger partial charge in [0.1, 0.15) is 5.67 Å². The van der Waals surface area contributed by atoms with Crippen molar-refractivity contribution in [2.45, 2.75) is 37.9 Å². The van der Waals surface area contributed by atoms with Crippen LogP contribution in [-0.4, -0.2) is 29.7 Å². The van der Waals surface area contributed by atoms with Crippen LogP contribution in [0.3, 0.4) is 0 Å². The molecule has 1 nitrogen and oxygen atoms in total. The molecule has 0 bridgehead atoms. The Labute approximate surface area is 61.2 Å². The molecule has 10 heavy (non-hydrogen) atoms. The van der Waals surface area contributed by atoms with Gasteiger partial charge in [-0.25, -0.2) is 4.39 Å². The van der Waals surface area contributed by atoms with Crippen LogP contribution in [0.25, 0.3) is 0 Å². The zero-order valence-corrected chi connectivity index (χ0v) is 6.44. The van der Waals surface area contributed by atoms with Crippen LogP contribution < -0.4 is 0 Å². The van der Waals surface area contributed by atoms with Crippen molar-refractivity contribution in [2.75, 3.05) is 13.1 Å². The van der Waals surface area contributed by atoms with Gasteiger partial charge in [0.15, 0.2) is 0 Å². The maximum absolute atomic E-state index is 13.3. The lowest BCUT2D eigenvalue weighted by atomic mass is 10.0. The Balaban J connectivity index is 2.07. The van der Waals surface area contributed by atoms with Gasteiger partial charge in [0, 0.05) is 12.6 Å². The lowest BCUT2D eigenvalue weighted by Gasteiger charge is -2.13. The lowest BCUT2D eigenvalue weighted by molar-refractivity contribution is 0.191. The van der Waals surface area contributed by atoms with Gasteiger partial charge in [-0.2, -0.15) is 0 Å². The highest BCUT2D eigenvalue weighted by Crippen LogP contribution is 2.35. The maximum Gasteiger partial charge on any atom is 0.122 e. The normalized spacial score (nSPS) is 48.0. The van der Waals surface area contributed by atoms with Crippen LogP contribution in [0.4, 0.5) is 4.39 Å². The van der Waals surface area contributed by atoms with E-state index in [0.717, 1.165) is 13.0 Å². The fourth-order valence-electron chi connectivity index (χ4n) is 2.31. The van der Waals surface area contributed by atoms with Gasteiger partial charge in [-0.05, 0) is 32.7 Å². The van der Waals surface area contributed by atoms with E-state index in [1.807, 2.05) is 0 Å². The fourth-order valence-corrected chi connectivity index (χ4v) is 2.31. The van der Waals surface area contributed by atoms with Crippen molar-refractivity contribution in [1.82, 2.24) is 4.90 Å². The largest absolute Gasteiger partial charge is 0.297 e. The number of hydrogen-bond acceptors (Lipinski definition) is 1. The number of hydrogen-bond donors (Lipinski definition) is 0. The minimum absolute atomic E-state index is 0.579. The fraction of sp³-hybridized carbons (Fsp3) is 1.00. The Hall–Kier alpha value is -0.110. The van der Waals surface area contributed by atoms with E-state index >= 15 is 0 Å². The summed E-state index contributed by atoms with van der Waals surface area (Å²) in [5, 5.41) is 0. The number of fused-ring (bicyclic) bond motifs is 1. The molecule has 2 rings (SSSR count). The van der Waals surface area contributed by atoms with Crippen LogP contribution in [0.1, 0.15) is 26.2 Å². The second-order valence-electron chi connectivity index (χ2n) is 3.88. The van der Waals surface area contributed by atoms with Crippen molar-refractivity contribution in [3.63, 3.8) is 0 Å². The summed E-state index contributed by atoms with van der Waals surface area (Å²) in [4.78, 5) is 2.29. The minimum Gasteiger partial charge on any atom is -0.297 e. The van der Waals surface area contributed by atoms with Gasteiger partial charge in [0.25, 0.3) is 0 Å². The summed E-state index contributed by atoms with van der Waals surface area (Å²) in [7, 11) is 0. The molecule has 58 valence electrons. The first-order valence-electron chi connectivity index (χ1n) is 4.10. The zero-order chi connectivity index (χ0) is 7.19. The van der Waals surface area contributed by atoms with Gasteiger partial charge in [-0.15, -0.1) is 0 Å². The highest BCUT2D eigenvalue weighted by molar-refractivity contribution is 4.96. The molecule has 0 amide bonds. The quantitative estimate of drug-likeness (QED) is 0.497. The Morgan fingerprint density at radius 1 is 1.60 bits per heavy atom. The Bertz CT molecular complexity index is 130. The van der Waals surface area contributed by atoms with Crippen LogP contribution in [0, 0.1) is 0 Å². The molecule has 0 radical (unpaired) electrons. The van der Waals surface area contributed by atoms with Gasteiger partial charge in [-0.3, -0.25) is 4.90 Å². The van der Waals surface area contributed by atoms with Crippen molar-refractivity contribution in [3.05, 3.63) is 0 Å². The second-order valence-corrected chi connectivity index (χ2v) is 3.88. The number of halogens is 1. The average Bonchev–Trinajstić information content (AvgIpc) is 2.20. The molecule has 0 aliphatic carbocycles. The van der Waals surface area contributed by atoms with E-state index in [1.54, 1.807) is 6.92 Å². The van der Waals surface area contributed by atoms with Crippen molar-refractivity contribution >= 4 is 0 Å². The SMILES string of the molecule is C[C@@]1(F)C[C@@H]2CCCN2C1. The summed E-state index contributed by atoms with van der Waals surface area (Å²) in [6, 6.07) is 0.579. The highest BCUT2D eigenvalue weighted by Gasteiger charge is 2.42. The molecule has 2 heterocycles. The molecule has 2 heteroatoms. The Morgan fingerprint density at radius 2 is 2.40 bits per heavy atom. The van der Waals surface area contributed by atoms with E-state index in [0.29, 0.717) is 12.6 Å². The molecule has 0 unspecified atom stereocenters. The van der Waals surface area contributed by atoms with E-state index < -0.39 is 5.67 Å². The highest BCUT2D eigenvalue weighted by atomic mass is 19.1. The molecule has 2 fully saturated rings. The molecular weight excluding hydrogens is 129 g/mol. The molecule has 0 spiro atoms. The molecule has 0 saturated carbocycles. The first-order chi connectivity index (χ1) is 4.67. The van der Waals surface area contributed by atoms with E-state index in [-0.39, 0.29) is 0 Å². The lowest BCUT2D eigenvalue weighted by Crippen LogP contribution is -2.26. The van der Waals surface area contributed by atoms with Crippen LogP contribution >= 0.6 is 0 Å². The predicted octanol–water partition coefficient (Wildman–Crippen LogP) is 1.58. The molecule has 2 aliphatic heterocycles. The number of alkyl halides is 1. The van der Waals surface area contributed by atoms with Crippen LogP contribution in [-0.2, 0) is 0 Å². The third-order valence-corrected chi connectivity index (χ3v) is 2.69. The van der Waals surface area contributed by atoms with Gasteiger partial charge in [0.2, 0.25) is 0 Å².